The Labute approximate surface area is 117 Å². The average molecular weight is 281 g/mol. The quantitative estimate of drug-likeness (QED) is 0.925. The van der Waals surface area contributed by atoms with Crippen molar-refractivity contribution in [3.05, 3.63) is 63.4 Å². The maximum atomic E-state index is 6.19. The van der Waals surface area contributed by atoms with Crippen LogP contribution >= 0.6 is 23.2 Å². The lowest BCUT2D eigenvalue weighted by Crippen LogP contribution is -2.15. The Morgan fingerprint density at radius 3 is 2.44 bits per heavy atom. The first-order chi connectivity index (χ1) is 8.59. The van der Waals surface area contributed by atoms with Gasteiger partial charge in [-0.25, -0.2) is 0 Å². The van der Waals surface area contributed by atoms with E-state index in [1.54, 1.807) is 18.3 Å². The Morgan fingerprint density at radius 1 is 1.17 bits per heavy atom. The van der Waals surface area contributed by atoms with Crippen molar-refractivity contribution in [1.82, 2.24) is 4.98 Å². The Bertz CT molecular complexity index is 535. The fourth-order valence-electron chi connectivity index (χ4n) is 1.91. The Kier molecular flexibility index (Phi) is 4.23. The van der Waals surface area contributed by atoms with Gasteiger partial charge in [-0.15, -0.1) is 0 Å². The molecule has 2 nitrogen and oxygen atoms in total. The average Bonchev–Trinajstić information content (AvgIpc) is 2.32. The van der Waals surface area contributed by atoms with Crippen molar-refractivity contribution in [2.45, 2.75) is 19.4 Å². The van der Waals surface area contributed by atoms with Gasteiger partial charge in [0.15, 0.2) is 0 Å². The third-order valence-corrected chi connectivity index (χ3v) is 3.56. The lowest BCUT2D eigenvalue weighted by molar-refractivity contribution is 0.703. The molecule has 94 valence electrons. The number of halogens is 2. The number of pyridine rings is 1. The van der Waals surface area contributed by atoms with Crippen molar-refractivity contribution in [2.75, 3.05) is 0 Å². The van der Waals surface area contributed by atoms with E-state index in [-0.39, 0.29) is 6.04 Å². The molecule has 2 N–H and O–H groups in total. The first kappa shape index (κ1) is 13.3. The number of aromatic nitrogens is 1. The van der Waals surface area contributed by atoms with Crippen molar-refractivity contribution >= 4 is 23.2 Å². The molecule has 1 heterocycles. The number of hydrogen-bond donors (Lipinski definition) is 1. The molecule has 1 atom stereocenters. The fraction of sp³-hybridized carbons (Fsp3) is 0.214. The topological polar surface area (TPSA) is 38.9 Å². The predicted octanol–water partition coefficient (Wildman–Crippen LogP) is 3.94. The molecule has 1 aromatic carbocycles. The maximum absolute atomic E-state index is 6.19. The lowest BCUT2D eigenvalue weighted by Gasteiger charge is -2.16. The number of aryl methyl sites for hydroxylation is 1. The summed E-state index contributed by atoms with van der Waals surface area (Å²) in [5, 5.41) is 1.20. The van der Waals surface area contributed by atoms with Crippen LogP contribution in [0.3, 0.4) is 0 Å². The van der Waals surface area contributed by atoms with Crippen LogP contribution in [0, 0.1) is 6.92 Å². The highest BCUT2D eigenvalue weighted by molar-refractivity contribution is 6.36. The van der Waals surface area contributed by atoms with Crippen molar-refractivity contribution in [2.24, 2.45) is 5.73 Å². The molecule has 1 aromatic heterocycles. The van der Waals surface area contributed by atoms with Crippen molar-refractivity contribution in [3.8, 4) is 0 Å². The fourth-order valence-corrected chi connectivity index (χ4v) is 2.59. The van der Waals surface area contributed by atoms with E-state index in [0.717, 1.165) is 16.8 Å². The van der Waals surface area contributed by atoms with Crippen molar-refractivity contribution in [1.29, 1.82) is 0 Å². The van der Waals surface area contributed by atoms with Gasteiger partial charge in [-0.3, -0.25) is 4.98 Å². The molecule has 2 aromatic rings. The van der Waals surface area contributed by atoms with Gasteiger partial charge in [-0.05, 0) is 30.7 Å². The molecule has 18 heavy (non-hydrogen) atoms. The summed E-state index contributed by atoms with van der Waals surface area (Å²) >= 11 is 12.3. The maximum Gasteiger partial charge on any atom is 0.0468 e. The molecule has 2 rings (SSSR count). The molecule has 1 unspecified atom stereocenters. The van der Waals surface area contributed by atoms with Gasteiger partial charge in [0.2, 0.25) is 0 Å². The highest BCUT2D eigenvalue weighted by Crippen LogP contribution is 2.30. The van der Waals surface area contributed by atoms with E-state index in [0.29, 0.717) is 16.5 Å². The third kappa shape index (κ3) is 2.83. The molecule has 0 spiro atoms. The normalized spacial score (nSPS) is 12.4. The van der Waals surface area contributed by atoms with Crippen molar-refractivity contribution < 1.29 is 0 Å². The zero-order chi connectivity index (χ0) is 13.1. The summed E-state index contributed by atoms with van der Waals surface area (Å²) in [5.74, 6) is 0. The summed E-state index contributed by atoms with van der Waals surface area (Å²) in [6.45, 7) is 2.02. The van der Waals surface area contributed by atoms with Gasteiger partial charge in [-0.1, -0.05) is 35.3 Å². The Balaban J connectivity index is 2.28. The van der Waals surface area contributed by atoms with E-state index in [1.165, 1.54) is 0 Å². The molecule has 0 aliphatic heterocycles. The third-order valence-electron chi connectivity index (χ3n) is 2.90. The van der Waals surface area contributed by atoms with E-state index in [2.05, 4.69) is 4.98 Å². The van der Waals surface area contributed by atoms with Gasteiger partial charge in [0.1, 0.15) is 0 Å². The molecule has 0 aliphatic carbocycles. The SMILES string of the molecule is Cc1cccnc1CC(N)c1c(Cl)cccc1Cl. The smallest absolute Gasteiger partial charge is 0.0468 e. The number of nitrogens with two attached hydrogens (primary N) is 1. The first-order valence-corrected chi connectivity index (χ1v) is 6.45. The van der Waals surface area contributed by atoms with E-state index < -0.39 is 0 Å². The van der Waals surface area contributed by atoms with Crippen LogP contribution in [0.5, 0.6) is 0 Å². The predicted molar refractivity (Wildman–Crippen MR) is 76.1 cm³/mol. The summed E-state index contributed by atoms with van der Waals surface area (Å²) in [5.41, 5.74) is 9.07. The van der Waals surface area contributed by atoms with Gasteiger partial charge in [0, 0.05) is 40.0 Å². The van der Waals surface area contributed by atoms with E-state index in [9.17, 15) is 0 Å². The summed E-state index contributed by atoms with van der Waals surface area (Å²) < 4.78 is 0. The van der Waals surface area contributed by atoms with Crippen LogP contribution < -0.4 is 5.73 Å². The van der Waals surface area contributed by atoms with Gasteiger partial charge < -0.3 is 5.73 Å². The minimum atomic E-state index is -0.250. The van der Waals surface area contributed by atoms with E-state index >= 15 is 0 Å². The lowest BCUT2D eigenvalue weighted by atomic mass is 10.0. The van der Waals surface area contributed by atoms with Crippen LogP contribution in [0.25, 0.3) is 0 Å². The molecule has 0 saturated carbocycles. The number of rotatable bonds is 3. The second-order valence-corrected chi connectivity index (χ2v) is 5.03. The number of nitrogens with zero attached hydrogens (tertiary/aromatic N) is 1. The molecule has 0 saturated heterocycles. The number of hydrogen-bond acceptors (Lipinski definition) is 2. The van der Waals surface area contributed by atoms with Gasteiger partial charge in [-0.2, -0.15) is 0 Å². The summed E-state index contributed by atoms with van der Waals surface area (Å²) in [7, 11) is 0. The Morgan fingerprint density at radius 2 is 1.83 bits per heavy atom. The largest absolute Gasteiger partial charge is 0.324 e. The van der Waals surface area contributed by atoms with Gasteiger partial charge in [0.25, 0.3) is 0 Å². The van der Waals surface area contributed by atoms with E-state index in [1.807, 2.05) is 25.1 Å². The highest BCUT2D eigenvalue weighted by atomic mass is 35.5. The molecule has 0 bridgehead atoms. The summed E-state index contributed by atoms with van der Waals surface area (Å²) in [6, 6.07) is 9.09. The van der Waals surface area contributed by atoms with Crippen LogP contribution in [0.1, 0.15) is 22.9 Å². The van der Waals surface area contributed by atoms with Crippen LogP contribution in [-0.4, -0.2) is 4.98 Å². The zero-order valence-electron chi connectivity index (χ0n) is 10.0. The van der Waals surface area contributed by atoms with Crippen LogP contribution in [0.2, 0.25) is 10.0 Å². The Hall–Kier alpha value is -1.09. The molecule has 0 fully saturated rings. The second-order valence-electron chi connectivity index (χ2n) is 4.21. The summed E-state index contributed by atoms with van der Waals surface area (Å²) in [6.07, 6.45) is 2.39. The van der Waals surface area contributed by atoms with Gasteiger partial charge in [0.05, 0.1) is 0 Å². The first-order valence-electron chi connectivity index (χ1n) is 5.69. The zero-order valence-corrected chi connectivity index (χ0v) is 11.5. The molecule has 0 amide bonds. The second kappa shape index (κ2) is 5.70. The molecule has 0 aliphatic rings. The highest BCUT2D eigenvalue weighted by Gasteiger charge is 2.15. The van der Waals surface area contributed by atoms with Gasteiger partial charge >= 0.3 is 0 Å². The number of benzene rings is 1. The van der Waals surface area contributed by atoms with Crippen LogP contribution in [0.4, 0.5) is 0 Å². The van der Waals surface area contributed by atoms with Crippen LogP contribution in [0.15, 0.2) is 36.5 Å². The molecular weight excluding hydrogens is 267 g/mol. The minimum Gasteiger partial charge on any atom is -0.324 e. The molecule has 4 heteroatoms. The van der Waals surface area contributed by atoms with Crippen LogP contribution in [-0.2, 0) is 6.42 Å². The molecule has 0 radical (unpaired) electrons. The molecular formula is C14H14Cl2N2. The minimum absolute atomic E-state index is 0.250. The van der Waals surface area contributed by atoms with Crippen molar-refractivity contribution in [3.63, 3.8) is 0 Å². The standard InChI is InChI=1S/C14H14Cl2N2/c1-9-4-3-7-18-13(9)8-12(17)14-10(15)5-2-6-11(14)16/h2-7,12H,8,17H2,1H3. The monoisotopic (exact) mass is 280 g/mol. The van der Waals surface area contributed by atoms with E-state index in [4.69, 9.17) is 28.9 Å². The summed E-state index contributed by atoms with van der Waals surface area (Å²) in [4.78, 5) is 4.34.